The summed E-state index contributed by atoms with van der Waals surface area (Å²) >= 11 is 0. The van der Waals surface area contributed by atoms with Crippen LogP contribution in [0.5, 0.6) is 11.5 Å². The molecule has 1 amide bonds. The average Bonchev–Trinajstić information content (AvgIpc) is 3.35. The second kappa shape index (κ2) is 7.83. The number of hydrogen-bond donors (Lipinski definition) is 1. The zero-order valence-corrected chi connectivity index (χ0v) is 17.3. The van der Waals surface area contributed by atoms with Crippen LogP contribution in [-0.2, 0) is 23.0 Å². The second-order valence-corrected chi connectivity index (χ2v) is 8.69. The smallest absolute Gasteiger partial charge is 0.268 e. The van der Waals surface area contributed by atoms with Crippen LogP contribution >= 0.6 is 0 Å². The van der Waals surface area contributed by atoms with Crippen LogP contribution in [0.3, 0.4) is 0 Å². The number of nitrogens with one attached hydrogen (secondary N) is 1. The molecule has 0 bridgehead atoms. The molecule has 0 radical (unpaired) electrons. The number of fused-ring (bicyclic) bond motifs is 1. The Hall–Kier alpha value is -3.33. The number of methoxy groups -OCH3 is 1. The summed E-state index contributed by atoms with van der Waals surface area (Å²) in [6, 6.07) is 11.5. The Kier molecular flexibility index (Phi) is 5.21. The predicted molar refractivity (Wildman–Crippen MR) is 109 cm³/mol. The molecule has 0 spiro atoms. The van der Waals surface area contributed by atoms with Crippen molar-refractivity contribution in [1.82, 2.24) is 14.5 Å². The summed E-state index contributed by atoms with van der Waals surface area (Å²) in [4.78, 5) is 12.6. The van der Waals surface area contributed by atoms with Crippen molar-refractivity contribution in [2.75, 3.05) is 7.11 Å². The molecule has 1 aliphatic heterocycles. The van der Waals surface area contributed by atoms with E-state index in [-0.39, 0.29) is 16.6 Å². The van der Waals surface area contributed by atoms with Crippen LogP contribution in [0.1, 0.15) is 28.4 Å². The van der Waals surface area contributed by atoms with Crippen molar-refractivity contribution in [3.05, 3.63) is 71.5 Å². The standard InChI is InChI=1S/C21H21N3O5S/c1-14-11-15-5-3-6-19(20(15)29-14)30(26,27)23-21(25)16-7-8-17(18(12-16)28-2)13-24-10-4-9-22-24/h3-10,12,14H,11,13H2,1-2H3,(H,23,25). The number of carbonyl (C=O) groups excluding carboxylic acids is 1. The van der Waals surface area contributed by atoms with Crippen molar-refractivity contribution in [2.24, 2.45) is 0 Å². The highest BCUT2D eigenvalue weighted by molar-refractivity contribution is 7.90. The lowest BCUT2D eigenvalue weighted by Crippen LogP contribution is -2.31. The van der Waals surface area contributed by atoms with Crippen molar-refractivity contribution in [3.63, 3.8) is 0 Å². The number of rotatable bonds is 6. The number of hydrogen-bond acceptors (Lipinski definition) is 6. The van der Waals surface area contributed by atoms with Crippen molar-refractivity contribution >= 4 is 15.9 Å². The molecule has 1 atom stereocenters. The average molecular weight is 427 g/mol. The van der Waals surface area contributed by atoms with Gasteiger partial charge >= 0.3 is 0 Å². The summed E-state index contributed by atoms with van der Waals surface area (Å²) in [5.41, 5.74) is 1.79. The topological polar surface area (TPSA) is 99.5 Å². The monoisotopic (exact) mass is 427 g/mol. The SMILES string of the molecule is COc1cc(C(=O)NS(=O)(=O)c2cccc3c2OC(C)C3)ccc1Cn1cccn1. The molecule has 2 heterocycles. The first kappa shape index (κ1) is 20.0. The van der Waals surface area contributed by atoms with E-state index in [0.717, 1.165) is 11.1 Å². The zero-order chi connectivity index (χ0) is 21.3. The highest BCUT2D eigenvalue weighted by Crippen LogP contribution is 2.35. The van der Waals surface area contributed by atoms with E-state index in [1.807, 2.05) is 25.3 Å². The molecule has 1 aliphatic rings. The summed E-state index contributed by atoms with van der Waals surface area (Å²) < 4.78 is 40.6. The first-order chi connectivity index (χ1) is 14.4. The Balaban J connectivity index is 1.57. The number of amides is 1. The van der Waals surface area contributed by atoms with Crippen LogP contribution in [0.25, 0.3) is 0 Å². The van der Waals surface area contributed by atoms with Gasteiger partial charge < -0.3 is 9.47 Å². The van der Waals surface area contributed by atoms with Crippen LogP contribution in [0.2, 0.25) is 0 Å². The summed E-state index contributed by atoms with van der Waals surface area (Å²) in [5, 5.41) is 4.15. The number of aromatic nitrogens is 2. The van der Waals surface area contributed by atoms with Gasteiger partial charge in [0.2, 0.25) is 0 Å². The molecular formula is C21H21N3O5S. The molecule has 0 saturated heterocycles. The molecule has 3 aromatic rings. The van der Waals surface area contributed by atoms with E-state index < -0.39 is 15.9 Å². The van der Waals surface area contributed by atoms with Crippen molar-refractivity contribution in [2.45, 2.75) is 30.9 Å². The Bertz CT molecular complexity index is 1190. The Morgan fingerprint density at radius 1 is 1.30 bits per heavy atom. The number of carbonyl (C=O) groups is 1. The van der Waals surface area contributed by atoms with Crippen LogP contribution in [0.4, 0.5) is 0 Å². The molecule has 8 nitrogen and oxygen atoms in total. The molecule has 156 valence electrons. The van der Waals surface area contributed by atoms with Crippen LogP contribution in [0, 0.1) is 0 Å². The maximum absolute atomic E-state index is 12.9. The van der Waals surface area contributed by atoms with Gasteiger partial charge in [-0.05, 0) is 36.8 Å². The lowest BCUT2D eigenvalue weighted by Gasteiger charge is -2.13. The Labute approximate surface area is 174 Å². The third-order valence-corrected chi connectivity index (χ3v) is 6.20. The predicted octanol–water partition coefficient (Wildman–Crippen LogP) is 2.38. The molecule has 4 rings (SSSR count). The zero-order valence-electron chi connectivity index (χ0n) is 16.5. The maximum Gasteiger partial charge on any atom is 0.268 e. The van der Waals surface area contributed by atoms with Gasteiger partial charge in [0.1, 0.15) is 22.5 Å². The van der Waals surface area contributed by atoms with Gasteiger partial charge in [0, 0.05) is 29.9 Å². The van der Waals surface area contributed by atoms with E-state index in [4.69, 9.17) is 9.47 Å². The molecular weight excluding hydrogens is 406 g/mol. The minimum absolute atomic E-state index is 0.0417. The number of ether oxygens (including phenoxy) is 2. The molecule has 0 aliphatic carbocycles. The van der Waals surface area contributed by atoms with E-state index in [9.17, 15) is 13.2 Å². The minimum atomic E-state index is -4.11. The molecule has 0 saturated carbocycles. The van der Waals surface area contributed by atoms with Crippen LogP contribution in [0.15, 0.2) is 59.8 Å². The quantitative estimate of drug-likeness (QED) is 0.648. The lowest BCUT2D eigenvalue weighted by molar-refractivity contribution is 0.0981. The first-order valence-corrected chi connectivity index (χ1v) is 10.9. The van der Waals surface area contributed by atoms with E-state index >= 15 is 0 Å². The highest BCUT2D eigenvalue weighted by atomic mass is 32.2. The van der Waals surface area contributed by atoms with Crippen LogP contribution in [-0.4, -0.2) is 37.3 Å². The van der Waals surface area contributed by atoms with Gasteiger partial charge in [-0.1, -0.05) is 18.2 Å². The fourth-order valence-electron chi connectivity index (χ4n) is 3.44. The van der Waals surface area contributed by atoms with Gasteiger partial charge in [-0.25, -0.2) is 13.1 Å². The largest absolute Gasteiger partial charge is 0.496 e. The third-order valence-electron chi connectivity index (χ3n) is 4.84. The Morgan fingerprint density at radius 3 is 2.87 bits per heavy atom. The van der Waals surface area contributed by atoms with Gasteiger partial charge in [0.15, 0.2) is 0 Å². The molecule has 1 unspecified atom stereocenters. The normalized spacial score (nSPS) is 15.3. The van der Waals surface area contributed by atoms with Gasteiger partial charge in [-0.3, -0.25) is 9.48 Å². The van der Waals surface area contributed by atoms with Gasteiger partial charge in [-0.15, -0.1) is 0 Å². The minimum Gasteiger partial charge on any atom is -0.496 e. The summed E-state index contributed by atoms with van der Waals surface area (Å²) in [7, 11) is -2.61. The molecule has 0 fully saturated rings. The second-order valence-electron chi connectivity index (χ2n) is 7.04. The third kappa shape index (κ3) is 3.88. The molecule has 1 N–H and O–H groups in total. The van der Waals surface area contributed by atoms with E-state index in [2.05, 4.69) is 9.82 Å². The van der Waals surface area contributed by atoms with Gasteiger partial charge in [0.25, 0.3) is 15.9 Å². The molecule has 2 aromatic carbocycles. The molecule has 9 heteroatoms. The van der Waals surface area contributed by atoms with E-state index in [0.29, 0.717) is 24.5 Å². The van der Waals surface area contributed by atoms with Crippen molar-refractivity contribution in [3.8, 4) is 11.5 Å². The molecule has 30 heavy (non-hydrogen) atoms. The van der Waals surface area contributed by atoms with E-state index in [1.165, 1.54) is 19.2 Å². The summed E-state index contributed by atoms with van der Waals surface area (Å²) in [5.74, 6) is 0.0216. The molecule has 1 aromatic heterocycles. The summed E-state index contributed by atoms with van der Waals surface area (Å²) in [6.45, 7) is 2.33. The lowest BCUT2D eigenvalue weighted by atomic mass is 10.1. The number of sulfonamides is 1. The highest BCUT2D eigenvalue weighted by Gasteiger charge is 2.29. The van der Waals surface area contributed by atoms with Gasteiger partial charge in [-0.2, -0.15) is 5.10 Å². The maximum atomic E-state index is 12.9. The van der Waals surface area contributed by atoms with E-state index in [1.54, 1.807) is 29.1 Å². The number of nitrogens with zero attached hydrogens (tertiary/aromatic N) is 2. The van der Waals surface area contributed by atoms with Crippen LogP contribution < -0.4 is 14.2 Å². The fraction of sp³-hybridized carbons (Fsp3) is 0.238. The number of benzene rings is 2. The van der Waals surface area contributed by atoms with Gasteiger partial charge in [0.05, 0.1) is 13.7 Å². The summed E-state index contributed by atoms with van der Waals surface area (Å²) in [6.07, 6.45) is 4.00. The first-order valence-electron chi connectivity index (χ1n) is 9.37. The van der Waals surface area contributed by atoms with Crippen molar-refractivity contribution in [1.29, 1.82) is 0 Å². The number of para-hydroxylation sites is 1. The fourth-order valence-corrected chi connectivity index (χ4v) is 4.59. The Morgan fingerprint density at radius 2 is 2.13 bits per heavy atom. The van der Waals surface area contributed by atoms with Crippen molar-refractivity contribution < 1.29 is 22.7 Å².